The summed E-state index contributed by atoms with van der Waals surface area (Å²) in [6.45, 7) is 5.42. The summed E-state index contributed by atoms with van der Waals surface area (Å²) in [6, 6.07) is 5.30. The van der Waals surface area contributed by atoms with Crippen LogP contribution in [0.15, 0.2) is 18.2 Å². The van der Waals surface area contributed by atoms with E-state index in [9.17, 15) is 4.79 Å². The van der Waals surface area contributed by atoms with Gasteiger partial charge in [-0.25, -0.2) is 0 Å². The molecule has 1 amide bonds. The molecule has 0 aliphatic heterocycles. The van der Waals surface area contributed by atoms with Crippen molar-refractivity contribution in [1.82, 2.24) is 5.32 Å². The molecule has 116 valence electrons. The molecule has 21 heavy (non-hydrogen) atoms. The summed E-state index contributed by atoms with van der Waals surface area (Å²) >= 11 is 0. The predicted octanol–water partition coefficient (Wildman–Crippen LogP) is 3.22. The van der Waals surface area contributed by atoms with Gasteiger partial charge in [0.25, 0.3) is 5.91 Å². The van der Waals surface area contributed by atoms with Crippen LogP contribution in [0.5, 0.6) is 5.75 Å². The first-order chi connectivity index (χ1) is 10.1. The molecular weight excluding hydrogens is 264 g/mol. The Hall–Kier alpha value is -1.71. The summed E-state index contributed by atoms with van der Waals surface area (Å²) in [6.07, 6.45) is 4.94. The molecular formula is C17H26N2O2. The van der Waals surface area contributed by atoms with Gasteiger partial charge >= 0.3 is 0 Å². The molecule has 4 nitrogen and oxygen atoms in total. The third-order valence-electron chi connectivity index (χ3n) is 4.27. The second-order valence-electron chi connectivity index (χ2n) is 5.99. The Labute approximate surface area is 127 Å². The number of amides is 1. The lowest BCUT2D eigenvalue weighted by atomic mass is 9.83. The Morgan fingerprint density at radius 2 is 2.05 bits per heavy atom. The lowest BCUT2D eigenvalue weighted by Gasteiger charge is -2.26. The third kappa shape index (κ3) is 4.13. The molecule has 4 heteroatoms. The van der Waals surface area contributed by atoms with Crippen molar-refractivity contribution in [3.63, 3.8) is 0 Å². The Kier molecular flexibility index (Phi) is 5.48. The number of carbonyl (C=O) groups excluding carboxylic acids is 1. The van der Waals surface area contributed by atoms with Gasteiger partial charge in [0.2, 0.25) is 0 Å². The van der Waals surface area contributed by atoms with Crippen LogP contribution in [0.3, 0.4) is 0 Å². The molecule has 2 rings (SSSR count). The van der Waals surface area contributed by atoms with Crippen LogP contribution in [-0.2, 0) is 0 Å². The van der Waals surface area contributed by atoms with Gasteiger partial charge in [0.15, 0.2) is 5.75 Å². The van der Waals surface area contributed by atoms with Crippen molar-refractivity contribution in [2.75, 3.05) is 18.9 Å². The average molecular weight is 290 g/mol. The van der Waals surface area contributed by atoms with Crippen LogP contribution in [0.2, 0.25) is 0 Å². The standard InChI is InChI=1S/C17H26N2O2/c1-3-21-16-14(5-4-6-15(16)18)17(20)19-11-13-9-7-12(2)8-10-13/h4-6,12-13H,3,7-11,18H2,1-2H3,(H,19,20). The van der Waals surface area contributed by atoms with Crippen molar-refractivity contribution in [1.29, 1.82) is 0 Å². The highest BCUT2D eigenvalue weighted by atomic mass is 16.5. The van der Waals surface area contributed by atoms with E-state index in [2.05, 4.69) is 12.2 Å². The molecule has 0 radical (unpaired) electrons. The maximum Gasteiger partial charge on any atom is 0.255 e. The minimum absolute atomic E-state index is 0.0932. The number of hydrogen-bond acceptors (Lipinski definition) is 3. The zero-order valence-electron chi connectivity index (χ0n) is 13.0. The van der Waals surface area contributed by atoms with Crippen molar-refractivity contribution in [2.45, 2.75) is 39.5 Å². The Morgan fingerprint density at radius 3 is 2.71 bits per heavy atom. The van der Waals surface area contributed by atoms with Crippen LogP contribution in [0.4, 0.5) is 5.69 Å². The van der Waals surface area contributed by atoms with Gasteiger partial charge in [-0.15, -0.1) is 0 Å². The van der Waals surface area contributed by atoms with Crippen molar-refractivity contribution >= 4 is 11.6 Å². The van der Waals surface area contributed by atoms with E-state index in [4.69, 9.17) is 10.5 Å². The van der Waals surface area contributed by atoms with Crippen LogP contribution >= 0.6 is 0 Å². The quantitative estimate of drug-likeness (QED) is 0.818. The van der Waals surface area contributed by atoms with E-state index in [1.807, 2.05) is 6.92 Å². The fraction of sp³-hybridized carbons (Fsp3) is 0.588. The second kappa shape index (κ2) is 7.34. The predicted molar refractivity (Wildman–Crippen MR) is 85.5 cm³/mol. The maximum atomic E-state index is 12.4. The van der Waals surface area contributed by atoms with Gasteiger partial charge in [0.05, 0.1) is 17.9 Å². The van der Waals surface area contributed by atoms with Crippen molar-refractivity contribution in [2.24, 2.45) is 11.8 Å². The van der Waals surface area contributed by atoms with E-state index in [0.717, 1.165) is 12.5 Å². The fourth-order valence-corrected chi connectivity index (χ4v) is 2.90. The van der Waals surface area contributed by atoms with E-state index >= 15 is 0 Å². The van der Waals surface area contributed by atoms with Gasteiger partial charge in [0.1, 0.15) is 0 Å². The zero-order chi connectivity index (χ0) is 15.2. The molecule has 0 spiro atoms. The van der Waals surface area contributed by atoms with E-state index < -0.39 is 0 Å². The zero-order valence-corrected chi connectivity index (χ0v) is 13.0. The van der Waals surface area contributed by atoms with E-state index in [0.29, 0.717) is 29.5 Å². The number of nitrogens with one attached hydrogen (secondary N) is 1. The highest BCUT2D eigenvalue weighted by Crippen LogP contribution is 2.29. The number of ether oxygens (including phenoxy) is 1. The molecule has 1 aromatic carbocycles. The van der Waals surface area contributed by atoms with Gasteiger partial charge in [-0.1, -0.05) is 25.8 Å². The van der Waals surface area contributed by atoms with E-state index in [1.54, 1.807) is 18.2 Å². The summed E-state index contributed by atoms with van der Waals surface area (Å²) in [4.78, 5) is 12.4. The van der Waals surface area contributed by atoms with Gasteiger partial charge in [0, 0.05) is 6.54 Å². The molecule has 1 aromatic rings. The summed E-state index contributed by atoms with van der Waals surface area (Å²) in [5.74, 6) is 1.83. The van der Waals surface area contributed by atoms with Crippen LogP contribution in [0.25, 0.3) is 0 Å². The molecule has 0 saturated heterocycles. The fourth-order valence-electron chi connectivity index (χ4n) is 2.90. The Balaban J connectivity index is 1.95. The Morgan fingerprint density at radius 1 is 1.33 bits per heavy atom. The first kappa shape index (κ1) is 15.7. The molecule has 0 heterocycles. The molecule has 0 aromatic heterocycles. The number of para-hydroxylation sites is 1. The van der Waals surface area contributed by atoms with E-state index in [-0.39, 0.29) is 5.91 Å². The van der Waals surface area contributed by atoms with Crippen molar-refractivity contribution in [3.8, 4) is 5.75 Å². The van der Waals surface area contributed by atoms with Crippen LogP contribution < -0.4 is 15.8 Å². The highest BCUT2D eigenvalue weighted by molar-refractivity contribution is 5.98. The molecule has 3 N–H and O–H groups in total. The molecule has 1 fully saturated rings. The highest BCUT2D eigenvalue weighted by Gasteiger charge is 2.20. The normalized spacial score (nSPS) is 21.8. The topological polar surface area (TPSA) is 64.3 Å². The molecule has 0 atom stereocenters. The lowest BCUT2D eigenvalue weighted by Crippen LogP contribution is -2.31. The lowest BCUT2D eigenvalue weighted by molar-refractivity contribution is 0.0938. The van der Waals surface area contributed by atoms with Crippen LogP contribution in [-0.4, -0.2) is 19.1 Å². The van der Waals surface area contributed by atoms with Crippen LogP contribution in [0, 0.1) is 11.8 Å². The van der Waals surface area contributed by atoms with Crippen molar-refractivity contribution < 1.29 is 9.53 Å². The van der Waals surface area contributed by atoms with Gasteiger partial charge < -0.3 is 15.8 Å². The monoisotopic (exact) mass is 290 g/mol. The number of carbonyl (C=O) groups is 1. The molecule has 1 aliphatic rings. The van der Waals surface area contributed by atoms with Crippen molar-refractivity contribution in [3.05, 3.63) is 23.8 Å². The third-order valence-corrected chi connectivity index (χ3v) is 4.27. The maximum absolute atomic E-state index is 12.4. The minimum atomic E-state index is -0.0932. The number of hydrogen-bond donors (Lipinski definition) is 2. The first-order valence-electron chi connectivity index (χ1n) is 7.91. The second-order valence-corrected chi connectivity index (χ2v) is 5.99. The molecule has 1 saturated carbocycles. The number of benzene rings is 1. The molecule has 0 unspecified atom stereocenters. The van der Waals surface area contributed by atoms with Gasteiger partial charge in [-0.3, -0.25) is 4.79 Å². The van der Waals surface area contributed by atoms with Gasteiger partial charge in [-0.2, -0.15) is 0 Å². The smallest absolute Gasteiger partial charge is 0.255 e. The number of anilines is 1. The summed E-state index contributed by atoms with van der Waals surface area (Å²) in [5.41, 5.74) is 6.93. The number of nitrogen functional groups attached to an aromatic ring is 1. The molecule has 0 bridgehead atoms. The average Bonchev–Trinajstić information content (AvgIpc) is 2.48. The SMILES string of the molecule is CCOc1c(N)cccc1C(=O)NCC1CCC(C)CC1. The Bertz CT molecular complexity index is 480. The van der Waals surface area contributed by atoms with Crippen LogP contribution in [0.1, 0.15) is 49.9 Å². The number of nitrogens with two attached hydrogens (primary N) is 1. The summed E-state index contributed by atoms with van der Waals surface area (Å²) in [7, 11) is 0. The number of rotatable bonds is 5. The summed E-state index contributed by atoms with van der Waals surface area (Å²) in [5, 5.41) is 3.04. The van der Waals surface area contributed by atoms with Gasteiger partial charge in [-0.05, 0) is 43.7 Å². The first-order valence-corrected chi connectivity index (χ1v) is 7.91. The largest absolute Gasteiger partial charge is 0.491 e. The molecule has 1 aliphatic carbocycles. The summed E-state index contributed by atoms with van der Waals surface area (Å²) < 4.78 is 5.51. The minimum Gasteiger partial charge on any atom is -0.491 e. The van der Waals surface area contributed by atoms with E-state index in [1.165, 1.54) is 25.7 Å².